The first kappa shape index (κ1) is 16.1. The van der Waals surface area contributed by atoms with Gasteiger partial charge in [-0.1, -0.05) is 30.8 Å². The van der Waals surface area contributed by atoms with Crippen molar-refractivity contribution in [2.75, 3.05) is 6.54 Å². The molecule has 0 fully saturated rings. The minimum atomic E-state index is 0.536. The van der Waals surface area contributed by atoms with Gasteiger partial charge in [0.25, 0.3) is 0 Å². The molecule has 0 radical (unpaired) electrons. The number of para-hydroxylation sites is 1. The van der Waals surface area contributed by atoms with E-state index in [0.717, 1.165) is 27.7 Å². The predicted molar refractivity (Wildman–Crippen MR) is 104 cm³/mol. The van der Waals surface area contributed by atoms with Crippen LogP contribution in [0.2, 0.25) is 0 Å². The molecule has 26 heavy (non-hydrogen) atoms. The van der Waals surface area contributed by atoms with E-state index in [2.05, 4.69) is 50.8 Å². The van der Waals surface area contributed by atoms with Crippen LogP contribution in [0.3, 0.4) is 0 Å². The molecule has 3 heterocycles. The third kappa shape index (κ3) is 2.86. The van der Waals surface area contributed by atoms with Crippen LogP contribution in [-0.2, 0) is 6.54 Å². The number of hydrogen-bond acceptors (Lipinski definition) is 5. The lowest BCUT2D eigenvalue weighted by Crippen LogP contribution is -2.37. The highest BCUT2D eigenvalue weighted by atomic mass is 15.4. The van der Waals surface area contributed by atoms with Crippen LogP contribution in [0.25, 0.3) is 16.7 Å². The first-order valence-electron chi connectivity index (χ1n) is 8.44. The van der Waals surface area contributed by atoms with Gasteiger partial charge in [0, 0.05) is 24.3 Å². The molecule has 0 amide bonds. The van der Waals surface area contributed by atoms with E-state index in [0.29, 0.717) is 24.7 Å². The summed E-state index contributed by atoms with van der Waals surface area (Å²) in [6.07, 6.45) is 7.35. The van der Waals surface area contributed by atoms with E-state index >= 15 is 0 Å². The first-order chi connectivity index (χ1) is 12.7. The molecule has 3 aromatic rings. The summed E-state index contributed by atoms with van der Waals surface area (Å²) < 4.78 is 1.74. The molecular weight excluding hydrogens is 324 g/mol. The topological polar surface area (TPSA) is 72.3 Å². The second-order valence-electron chi connectivity index (χ2n) is 6.33. The van der Waals surface area contributed by atoms with Crippen LogP contribution >= 0.6 is 0 Å². The Balaban J connectivity index is 1.77. The summed E-state index contributed by atoms with van der Waals surface area (Å²) in [6, 6.07) is 10.2. The molecule has 0 saturated carbocycles. The number of hydrogen-bond donors (Lipinski definition) is 1. The van der Waals surface area contributed by atoms with Gasteiger partial charge in [0.05, 0.1) is 24.0 Å². The Kier molecular flexibility index (Phi) is 4.01. The highest BCUT2D eigenvalue weighted by Crippen LogP contribution is 2.25. The number of nitrogens with zero attached hydrogens (tertiary/aromatic N) is 5. The molecule has 6 nitrogen and oxygen atoms in total. The molecule has 0 spiro atoms. The summed E-state index contributed by atoms with van der Waals surface area (Å²) >= 11 is 0. The van der Waals surface area contributed by atoms with Gasteiger partial charge in [0.2, 0.25) is 0 Å². The highest BCUT2D eigenvalue weighted by Gasteiger charge is 2.22. The van der Waals surface area contributed by atoms with Gasteiger partial charge >= 0.3 is 0 Å². The Hall–Kier alpha value is -3.41. The fourth-order valence-corrected chi connectivity index (χ4v) is 3.21. The molecule has 1 aromatic carbocycles. The van der Waals surface area contributed by atoms with Gasteiger partial charge in [0.1, 0.15) is 5.84 Å². The molecule has 0 bridgehead atoms. The molecule has 2 aromatic heterocycles. The van der Waals surface area contributed by atoms with Crippen molar-refractivity contribution < 1.29 is 0 Å². The number of aromatic nitrogens is 3. The van der Waals surface area contributed by atoms with Crippen LogP contribution in [-0.4, -0.2) is 32.0 Å². The molecular formula is C20H20N6. The number of benzene rings is 1. The van der Waals surface area contributed by atoms with Crippen molar-refractivity contribution in [2.45, 2.75) is 13.5 Å². The van der Waals surface area contributed by atoms with Gasteiger partial charge in [-0.2, -0.15) is 5.10 Å². The van der Waals surface area contributed by atoms with E-state index in [-0.39, 0.29) is 0 Å². The quantitative estimate of drug-likeness (QED) is 0.790. The van der Waals surface area contributed by atoms with Crippen LogP contribution in [0.5, 0.6) is 0 Å². The van der Waals surface area contributed by atoms with Crippen molar-refractivity contribution in [1.82, 2.24) is 19.7 Å². The molecule has 0 aliphatic carbocycles. The maximum Gasteiger partial charge on any atom is 0.178 e. The standard InChI is InChI=1S/C20H20N6/c1-3-17-20(26-11-14(2)10-23-26)24-18(21)13-25(17)12-16-7-4-6-15-8-5-9-22-19(15)16/h3-11H,1,12-13H2,2H3,(H2,21,24). The van der Waals surface area contributed by atoms with Gasteiger partial charge < -0.3 is 10.6 Å². The third-order valence-electron chi connectivity index (χ3n) is 4.37. The first-order valence-corrected chi connectivity index (χ1v) is 8.44. The number of allylic oxidation sites excluding steroid dienone is 1. The van der Waals surface area contributed by atoms with Crippen LogP contribution in [0, 0.1) is 6.92 Å². The van der Waals surface area contributed by atoms with Crippen molar-refractivity contribution in [3.05, 3.63) is 78.4 Å². The monoisotopic (exact) mass is 344 g/mol. The third-order valence-corrected chi connectivity index (χ3v) is 4.37. The lowest BCUT2D eigenvalue weighted by molar-refractivity contribution is 0.389. The van der Waals surface area contributed by atoms with Gasteiger partial charge in [-0.25, -0.2) is 9.67 Å². The zero-order chi connectivity index (χ0) is 18.1. The number of aryl methyl sites for hydroxylation is 1. The fraction of sp³-hybridized carbons (Fsp3) is 0.150. The van der Waals surface area contributed by atoms with E-state index in [1.807, 2.05) is 25.4 Å². The molecule has 130 valence electrons. The lowest BCUT2D eigenvalue weighted by Gasteiger charge is -2.30. The molecule has 4 rings (SSSR count). The minimum Gasteiger partial charge on any atom is -0.386 e. The smallest absolute Gasteiger partial charge is 0.178 e. The molecule has 2 N–H and O–H groups in total. The summed E-state index contributed by atoms with van der Waals surface area (Å²) in [5.41, 5.74) is 10.2. The maximum atomic E-state index is 6.13. The Morgan fingerprint density at radius 2 is 2.12 bits per heavy atom. The summed E-state index contributed by atoms with van der Waals surface area (Å²) in [5.74, 6) is 1.23. The maximum absolute atomic E-state index is 6.13. The molecule has 0 atom stereocenters. The van der Waals surface area contributed by atoms with Crippen LogP contribution in [0.1, 0.15) is 11.1 Å². The predicted octanol–water partition coefficient (Wildman–Crippen LogP) is 2.92. The fourth-order valence-electron chi connectivity index (χ4n) is 3.21. The summed E-state index contributed by atoms with van der Waals surface area (Å²) in [5, 5.41) is 5.49. The Bertz CT molecular complexity index is 1040. The van der Waals surface area contributed by atoms with Gasteiger partial charge in [0.15, 0.2) is 5.82 Å². The Morgan fingerprint density at radius 3 is 2.88 bits per heavy atom. The van der Waals surface area contributed by atoms with Crippen LogP contribution < -0.4 is 5.73 Å². The van der Waals surface area contributed by atoms with E-state index < -0.39 is 0 Å². The van der Waals surface area contributed by atoms with Gasteiger partial charge in [-0.3, -0.25) is 4.98 Å². The average molecular weight is 344 g/mol. The van der Waals surface area contributed by atoms with Crippen molar-refractivity contribution in [3.63, 3.8) is 0 Å². The molecule has 0 saturated heterocycles. The van der Waals surface area contributed by atoms with E-state index in [4.69, 9.17) is 5.73 Å². The van der Waals surface area contributed by atoms with Crippen molar-refractivity contribution in [2.24, 2.45) is 10.7 Å². The number of fused-ring (bicyclic) bond motifs is 1. The lowest BCUT2D eigenvalue weighted by atomic mass is 10.1. The SMILES string of the molecule is C=CC1=C(n2cc(C)cn2)N=C(N)CN1Cc1cccc2cccnc12. The molecule has 1 aliphatic heterocycles. The average Bonchev–Trinajstić information content (AvgIpc) is 3.08. The minimum absolute atomic E-state index is 0.536. The van der Waals surface area contributed by atoms with E-state index in [9.17, 15) is 0 Å². The summed E-state index contributed by atoms with van der Waals surface area (Å²) in [4.78, 5) is 11.2. The molecule has 6 heteroatoms. The van der Waals surface area contributed by atoms with E-state index in [1.165, 1.54) is 0 Å². The number of pyridine rings is 1. The zero-order valence-electron chi connectivity index (χ0n) is 14.6. The number of rotatable bonds is 4. The second kappa shape index (κ2) is 6.48. The van der Waals surface area contributed by atoms with Crippen molar-refractivity contribution >= 4 is 22.6 Å². The van der Waals surface area contributed by atoms with Crippen LogP contribution in [0.4, 0.5) is 0 Å². The molecule has 0 unspecified atom stereocenters. The Labute approximate surface area is 152 Å². The number of nitrogens with two attached hydrogens (primary N) is 1. The highest BCUT2D eigenvalue weighted by molar-refractivity contribution is 5.89. The van der Waals surface area contributed by atoms with Gasteiger partial charge in [-0.15, -0.1) is 0 Å². The summed E-state index contributed by atoms with van der Waals surface area (Å²) in [7, 11) is 0. The largest absolute Gasteiger partial charge is 0.386 e. The van der Waals surface area contributed by atoms with Gasteiger partial charge in [-0.05, 0) is 30.2 Å². The van der Waals surface area contributed by atoms with E-state index in [1.54, 1.807) is 17.0 Å². The van der Waals surface area contributed by atoms with Crippen LogP contribution in [0.15, 0.2) is 72.3 Å². The summed E-state index contributed by atoms with van der Waals surface area (Å²) in [6.45, 7) is 7.17. The van der Waals surface area contributed by atoms with Crippen molar-refractivity contribution in [1.29, 1.82) is 0 Å². The molecule has 1 aliphatic rings. The van der Waals surface area contributed by atoms with Crippen molar-refractivity contribution in [3.8, 4) is 0 Å². The number of aliphatic imine (C=N–C) groups is 1. The zero-order valence-corrected chi connectivity index (χ0v) is 14.6. The second-order valence-corrected chi connectivity index (χ2v) is 6.33. The Morgan fingerprint density at radius 1 is 1.27 bits per heavy atom. The number of amidine groups is 1. The normalized spacial score (nSPS) is 14.7.